The third kappa shape index (κ3) is 3.58. The Morgan fingerprint density at radius 1 is 1.00 bits per heavy atom. The molecule has 0 unspecified atom stereocenters. The maximum atomic E-state index is 13.4. The zero-order valence-corrected chi connectivity index (χ0v) is 14.6. The van der Waals surface area contributed by atoms with Crippen LogP contribution in [-0.4, -0.2) is 22.3 Å². The second-order valence-electron chi connectivity index (χ2n) is 6.65. The van der Waals surface area contributed by atoms with Crippen LogP contribution in [0.25, 0.3) is 11.3 Å². The lowest BCUT2D eigenvalue weighted by atomic mass is 10.0. The van der Waals surface area contributed by atoms with Crippen molar-refractivity contribution in [3.05, 3.63) is 89.6 Å². The van der Waals surface area contributed by atoms with Crippen LogP contribution < -0.4 is 0 Å². The first kappa shape index (κ1) is 17.3. The van der Waals surface area contributed by atoms with Crippen LogP contribution in [0.5, 0.6) is 0 Å². The summed E-state index contributed by atoms with van der Waals surface area (Å²) in [6.45, 7) is 0.659. The zero-order chi connectivity index (χ0) is 18.8. The number of carbonyl (C=O) groups excluding carboxylic acids is 1. The van der Waals surface area contributed by atoms with Crippen molar-refractivity contribution in [2.45, 2.75) is 18.9 Å². The molecule has 5 heteroatoms. The zero-order valence-electron chi connectivity index (χ0n) is 14.6. The normalized spacial score (nSPS) is 16.5. The van der Waals surface area contributed by atoms with Crippen LogP contribution in [0.4, 0.5) is 8.78 Å². The number of rotatable bonds is 3. The average Bonchev–Trinajstić information content (AvgIpc) is 3.18. The lowest BCUT2D eigenvalue weighted by Crippen LogP contribution is -2.30. The number of hydrogen-bond donors (Lipinski definition) is 0. The summed E-state index contributed by atoms with van der Waals surface area (Å²) in [6.07, 6.45) is 3.29. The standard InChI is InChI=1S/C22H18F2N2O/c23-18-9-6-15(7-10-18)21-5-2-12-26(21)22(27)17-8-11-20(25-14-17)16-3-1-4-19(24)13-16/h1,3-4,6-11,13-14,21H,2,5,12H2/t21-/m0/s1. The Hall–Kier alpha value is -3.08. The molecule has 4 rings (SSSR count). The van der Waals surface area contributed by atoms with Crippen LogP contribution in [0.15, 0.2) is 66.9 Å². The SMILES string of the molecule is O=C(c1ccc(-c2cccc(F)c2)nc1)N1CCC[C@H]1c1ccc(F)cc1. The Bertz CT molecular complexity index is 955. The van der Waals surface area contributed by atoms with Gasteiger partial charge in [0.15, 0.2) is 0 Å². The lowest BCUT2D eigenvalue weighted by Gasteiger charge is -2.25. The largest absolute Gasteiger partial charge is 0.332 e. The maximum Gasteiger partial charge on any atom is 0.255 e. The third-order valence-corrected chi connectivity index (χ3v) is 4.90. The molecule has 1 aliphatic rings. The van der Waals surface area contributed by atoms with Crippen molar-refractivity contribution < 1.29 is 13.6 Å². The Morgan fingerprint density at radius 2 is 1.81 bits per heavy atom. The van der Waals surface area contributed by atoms with E-state index in [4.69, 9.17) is 0 Å². The number of amides is 1. The highest BCUT2D eigenvalue weighted by molar-refractivity contribution is 5.94. The molecule has 0 spiro atoms. The predicted octanol–water partition coefficient (Wildman–Crippen LogP) is 5.00. The number of benzene rings is 2. The van der Waals surface area contributed by atoms with Gasteiger partial charge in [-0.1, -0.05) is 24.3 Å². The fourth-order valence-corrected chi connectivity index (χ4v) is 3.55. The highest BCUT2D eigenvalue weighted by atomic mass is 19.1. The Kier molecular flexibility index (Phi) is 4.67. The Labute approximate surface area is 156 Å². The predicted molar refractivity (Wildman–Crippen MR) is 99.0 cm³/mol. The summed E-state index contributed by atoms with van der Waals surface area (Å²) < 4.78 is 26.6. The van der Waals surface area contributed by atoms with E-state index in [1.807, 2.05) is 4.90 Å². The summed E-state index contributed by atoms with van der Waals surface area (Å²) in [5.74, 6) is -0.708. The molecule has 1 amide bonds. The number of hydrogen-bond acceptors (Lipinski definition) is 2. The van der Waals surface area contributed by atoms with Crippen LogP contribution in [0.2, 0.25) is 0 Å². The van der Waals surface area contributed by atoms with Crippen molar-refractivity contribution in [2.24, 2.45) is 0 Å². The molecule has 1 saturated heterocycles. The first-order chi connectivity index (χ1) is 13.1. The van der Waals surface area contributed by atoms with Crippen molar-refractivity contribution in [2.75, 3.05) is 6.54 Å². The van der Waals surface area contributed by atoms with Gasteiger partial charge in [0, 0.05) is 18.3 Å². The molecule has 0 bridgehead atoms. The molecule has 0 saturated carbocycles. The molecule has 3 nitrogen and oxygen atoms in total. The molecule has 136 valence electrons. The first-order valence-corrected chi connectivity index (χ1v) is 8.90. The van der Waals surface area contributed by atoms with Gasteiger partial charge in [-0.2, -0.15) is 0 Å². The van der Waals surface area contributed by atoms with Gasteiger partial charge in [0.2, 0.25) is 0 Å². The van der Waals surface area contributed by atoms with Gasteiger partial charge >= 0.3 is 0 Å². The monoisotopic (exact) mass is 364 g/mol. The number of pyridine rings is 1. The van der Waals surface area contributed by atoms with E-state index in [-0.39, 0.29) is 23.6 Å². The molecule has 27 heavy (non-hydrogen) atoms. The lowest BCUT2D eigenvalue weighted by molar-refractivity contribution is 0.0735. The fraction of sp³-hybridized carbons (Fsp3) is 0.182. The Morgan fingerprint density at radius 3 is 2.52 bits per heavy atom. The summed E-state index contributed by atoms with van der Waals surface area (Å²) in [5, 5.41) is 0. The number of likely N-dealkylation sites (tertiary alicyclic amines) is 1. The topological polar surface area (TPSA) is 33.2 Å². The number of halogens is 2. The van der Waals surface area contributed by atoms with Crippen molar-refractivity contribution in [1.82, 2.24) is 9.88 Å². The van der Waals surface area contributed by atoms with Crippen LogP contribution in [0.3, 0.4) is 0 Å². The molecular weight excluding hydrogens is 346 g/mol. The summed E-state index contributed by atoms with van der Waals surface area (Å²) >= 11 is 0. The molecule has 0 N–H and O–H groups in total. The molecule has 1 fully saturated rings. The minimum atomic E-state index is -0.325. The van der Waals surface area contributed by atoms with E-state index in [1.54, 1.807) is 36.4 Å². The van der Waals surface area contributed by atoms with Gasteiger partial charge in [-0.05, 0) is 54.8 Å². The smallest absolute Gasteiger partial charge is 0.255 e. The van der Waals surface area contributed by atoms with E-state index < -0.39 is 0 Å². The molecule has 2 aromatic carbocycles. The summed E-state index contributed by atoms with van der Waals surface area (Å²) in [6, 6.07) is 15.9. The average molecular weight is 364 g/mol. The van der Waals surface area contributed by atoms with Crippen LogP contribution >= 0.6 is 0 Å². The van der Waals surface area contributed by atoms with Crippen molar-refractivity contribution >= 4 is 5.91 Å². The summed E-state index contributed by atoms with van der Waals surface area (Å²) in [4.78, 5) is 19.1. The van der Waals surface area contributed by atoms with Crippen molar-refractivity contribution in [3.8, 4) is 11.3 Å². The third-order valence-electron chi connectivity index (χ3n) is 4.90. The van der Waals surface area contributed by atoms with E-state index in [9.17, 15) is 13.6 Å². The molecule has 2 heterocycles. The highest BCUT2D eigenvalue weighted by Crippen LogP contribution is 2.33. The minimum Gasteiger partial charge on any atom is -0.332 e. The van der Waals surface area contributed by atoms with E-state index in [2.05, 4.69) is 4.98 Å². The van der Waals surface area contributed by atoms with Crippen molar-refractivity contribution in [3.63, 3.8) is 0 Å². The second kappa shape index (κ2) is 7.27. The Balaban J connectivity index is 1.56. The van der Waals surface area contributed by atoms with Gasteiger partial charge in [0.25, 0.3) is 5.91 Å². The molecule has 1 aromatic heterocycles. The molecule has 0 radical (unpaired) electrons. The maximum absolute atomic E-state index is 13.4. The number of carbonyl (C=O) groups is 1. The van der Waals surface area contributed by atoms with E-state index in [0.717, 1.165) is 18.4 Å². The number of nitrogens with zero attached hydrogens (tertiary/aromatic N) is 2. The van der Waals surface area contributed by atoms with E-state index >= 15 is 0 Å². The van der Waals surface area contributed by atoms with Crippen LogP contribution in [0, 0.1) is 11.6 Å². The minimum absolute atomic E-state index is 0.0546. The van der Waals surface area contributed by atoms with Crippen LogP contribution in [0.1, 0.15) is 34.8 Å². The van der Waals surface area contributed by atoms with Gasteiger partial charge < -0.3 is 4.90 Å². The van der Waals surface area contributed by atoms with Crippen LogP contribution in [-0.2, 0) is 0 Å². The molecule has 1 atom stereocenters. The van der Waals surface area contributed by atoms with Gasteiger partial charge in [-0.15, -0.1) is 0 Å². The highest BCUT2D eigenvalue weighted by Gasteiger charge is 2.30. The summed E-state index contributed by atoms with van der Waals surface area (Å²) in [5.41, 5.74) is 2.71. The number of aromatic nitrogens is 1. The molecule has 0 aliphatic carbocycles. The summed E-state index contributed by atoms with van der Waals surface area (Å²) in [7, 11) is 0. The van der Waals surface area contributed by atoms with Crippen molar-refractivity contribution in [1.29, 1.82) is 0 Å². The van der Waals surface area contributed by atoms with Gasteiger partial charge in [-0.25, -0.2) is 8.78 Å². The molecule has 1 aliphatic heterocycles. The van der Waals surface area contributed by atoms with E-state index in [1.165, 1.54) is 30.5 Å². The second-order valence-corrected chi connectivity index (χ2v) is 6.65. The molecular formula is C22H18F2N2O. The van der Waals surface area contributed by atoms with E-state index in [0.29, 0.717) is 23.4 Å². The first-order valence-electron chi connectivity index (χ1n) is 8.90. The van der Waals surface area contributed by atoms with Gasteiger partial charge in [0.05, 0.1) is 17.3 Å². The molecule has 3 aromatic rings. The fourth-order valence-electron chi connectivity index (χ4n) is 3.55. The van der Waals surface area contributed by atoms with Gasteiger partial charge in [-0.3, -0.25) is 9.78 Å². The van der Waals surface area contributed by atoms with Gasteiger partial charge in [0.1, 0.15) is 11.6 Å². The quantitative estimate of drug-likeness (QED) is 0.655.